The lowest BCUT2D eigenvalue weighted by molar-refractivity contribution is -0.0414. The van der Waals surface area contributed by atoms with Gasteiger partial charge in [-0.15, -0.1) is 0 Å². The Labute approximate surface area is 116 Å². The minimum Gasteiger partial charge on any atom is -0.459 e. The summed E-state index contributed by atoms with van der Waals surface area (Å²) in [5.41, 5.74) is 6.37. The summed E-state index contributed by atoms with van der Waals surface area (Å²) >= 11 is 0. The molecule has 7 nitrogen and oxygen atoms in total. The monoisotopic (exact) mass is 285 g/mol. The quantitative estimate of drug-likeness (QED) is 0.362. The predicted octanol–water partition coefficient (Wildman–Crippen LogP) is -0.844. The predicted molar refractivity (Wildman–Crippen MR) is 71.1 cm³/mol. The van der Waals surface area contributed by atoms with Gasteiger partial charge in [-0.25, -0.2) is 4.79 Å². The van der Waals surface area contributed by atoms with Gasteiger partial charge in [0.1, 0.15) is 18.8 Å². The summed E-state index contributed by atoms with van der Waals surface area (Å²) in [7, 11) is 0. The maximum absolute atomic E-state index is 11.6. The molecule has 2 atom stereocenters. The molecule has 0 amide bonds. The number of ether oxygens (including phenoxy) is 2. The second-order valence-corrected chi connectivity index (χ2v) is 4.25. The molecule has 0 saturated heterocycles. The zero-order valence-electron chi connectivity index (χ0n) is 10.9. The van der Waals surface area contributed by atoms with E-state index in [1.807, 2.05) is 0 Å². The van der Waals surface area contributed by atoms with Crippen LogP contribution in [0.3, 0.4) is 0 Å². The van der Waals surface area contributed by atoms with Gasteiger partial charge < -0.3 is 30.5 Å². The number of carbonyl (C=O) groups is 1. The summed E-state index contributed by atoms with van der Waals surface area (Å²) in [5.74, 6) is -0.570. The standard InChI is InChI=1S/C13H19NO6/c14-10-3-1-9(2-4-10)13(18)20-8-12(17)7-19-6-11(16)5-15/h1-4,11-12,15-17H,5-8,14H2. The van der Waals surface area contributed by atoms with Crippen molar-refractivity contribution in [1.82, 2.24) is 0 Å². The Balaban J connectivity index is 2.25. The van der Waals surface area contributed by atoms with Gasteiger partial charge in [-0.05, 0) is 24.3 Å². The molecular weight excluding hydrogens is 266 g/mol. The Morgan fingerprint density at radius 2 is 1.70 bits per heavy atom. The van der Waals surface area contributed by atoms with Gasteiger partial charge in [-0.1, -0.05) is 0 Å². The van der Waals surface area contributed by atoms with Crippen molar-refractivity contribution in [2.45, 2.75) is 12.2 Å². The van der Waals surface area contributed by atoms with Crippen LogP contribution in [0.25, 0.3) is 0 Å². The highest BCUT2D eigenvalue weighted by Crippen LogP contribution is 2.07. The number of rotatable bonds is 8. The molecule has 1 rings (SSSR count). The molecule has 1 aromatic carbocycles. The van der Waals surface area contributed by atoms with Gasteiger partial charge >= 0.3 is 5.97 Å². The van der Waals surface area contributed by atoms with Gasteiger partial charge in [-0.3, -0.25) is 0 Å². The number of nitrogen functional groups attached to an aromatic ring is 1. The third-order valence-electron chi connectivity index (χ3n) is 2.38. The SMILES string of the molecule is Nc1ccc(C(=O)OCC(O)COCC(O)CO)cc1. The lowest BCUT2D eigenvalue weighted by Crippen LogP contribution is -2.27. The fraction of sp³-hybridized carbons (Fsp3) is 0.462. The maximum Gasteiger partial charge on any atom is 0.338 e. The Hall–Kier alpha value is -1.67. The zero-order valence-corrected chi connectivity index (χ0v) is 10.9. The molecule has 0 saturated carbocycles. The molecule has 5 N–H and O–H groups in total. The van der Waals surface area contributed by atoms with Gasteiger partial charge in [-0.2, -0.15) is 0 Å². The van der Waals surface area contributed by atoms with E-state index >= 15 is 0 Å². The second kappa shape index (κ2) is 8.49. The van der Waals surface area contributed by atoms with Gasteiger partial charge in [0.05, 0.1) is 25.4 Å². The van der Waals surface area contributed by atoms with Crippen LogP contribution in [-0.2, 0) is 9.47 Å². The molecule has 0 bridgehead atoms. The summed E-state index contributed by atoms with van der Waals surface area (Å²) in [5, 5.41) is 27.1. The number of hydrogen-bond acceptors (Lipinski definition) is 7. The van der Waals surface area contributed by atoms with Gasteiger partial charge in [0.25, 0.3) is 0 Å². The molecule has 112 valence electrons. The van der Waals surface area contributed by atoms with Crippen LogP contribution in [0.15, 0.2) is 24.3 Å². The topological polar surface area (TPSA) is 122 Å². The van der Waals surface area contributed by atoms with Gasteiger partial charge in [0.2, 0.25) is 0 Å². The first kappa shape index (κ1) is 16.4. The van der Waals surface area contributed by atoms with Crippen molar-refractivity contribution < 1.29 is 29.6 Å². The van der Waals surface area contributed by atoms with E-state index in [-0.39, 0.29) is 19.8 Å². The number of benzene rings is 1. The van der Waals surface area contributed by atoms with Crippen LogP contribution in [0, 0.1) is 0 Å². The van der Waals surface area contributed by atoms with Crippen molar-refractivity contribution in [1.29, 1.82) is 0 Å². The summed E-state index contributed by atoms with van der Waals surface area (Å²) in [6.07, 6.45) is -1.99. The van der Waals surface area contributed by atoms with E-state index in [1.165, 1.54) is 12.1 Å². The largest absolute Gasteiger partial charge is 0.459 e. The van der Waals surface area contributed by atoms with E-state index in [0.717, 1.165) is 0 Å². The molecule has 0 aromatic heterocycles. The van der Waals surface area contributed by atoms with Crippen LogP contribution in [0.1, 0.15) is 10.4 Å². The molecule has 1 aromatic rings. The third-order valence-corrected chi connectivity index (χ3v) is 2.38. The minimum atomic E-state index is -1.00. The number of aliphatic hydroxyl groups excluding tert-OH is 3. The summed E-state index contributed by atoms with van der Waals surface area (Å²) in [6, 6.07) is 6.20. The number of esters is 1. The number of aliphatic hydroxyl groups is 3. The first-order valence-electron chi connectivity index (χ1n) is 6.10. The van der Waals surface area contributed by atoms with Crippen molar-refractivity contribution in [3.8, 4) is 0 Å². The van der Waals surface area contributed by atoms with Gasteiger partial charge in [0.15, 0.2) is 0 Å². The van der Waals surface area contributed by atoms with E-state index in [9.17, 15) is 9.90 Å². The third kappa shape index (κ3) is 5.98. The highest BCUT2D eigenvalue weighted by Gasteiger charge is 2.12. The fourth-order valence-electron chi connectivity index (χ4n) is 1.32. The Morgan fingerprint density at radius 1 is 1.10 bits per heavy atom. The highest BCUT2D eigenvalue weighted by atomic mass is 16.5. The first-order chi connectivity index (χ1) is 9.52. The van der Waals surface area contributed by atoms with Crippen molar-refractivity contribution in [2.24, 2.45) is 0 Å². The smallest absolute Gasteiger partial charge is 0.338 e. The molecule has 2 unspecified atom stereocenters. The molecule has 0 aliphatic heterocycles. The van der Waals surface area contributed by atoms with Crippen LogP contribution in [0.5, 0.6) is 0 Å². The van der Waals surface area contributed by atoms with Gasteiger partial charge in [0, 0.05) is 5.69 Å². The maximum atomic E-state index is 11.6. The molecule has 0 aliphatic carbocycles. The average Bonchev–Trinajstić information content (AvgIpc) is 2.45. The van der Waals surface area contributed by atoms with Crippen molar-refractivity contribution in [3.63, 3.8) is 0 Å². The number of anilines is 1. The molecular formula is C13H19NO6. The normalized spacial score (nSPS) is 13.8. The lowest BCUT2D eigenvalue weighted by atomic mass is 10.2. The van der Waals surface area contributed by atoms with Crippen LogP contribution in [-0.4, -0.2) is 59.9 Å². The summed E-state index contributed by atoms with van der Waals surface area (Å²) in [6.45, 7) is -0.841. The van der Waals surface area contributed by atoms with Crippen molar-refractivity contribution in [2.75, 3.05) is 32.2 Å². The molecule has 0 aliphatic rings. The van der Waals surface area contributed by atoms with Crippen molar-refractivity contribution >= 4 is 11.7 Å². The number of carbonyl (C=O) groups excluding carboxylic acids is 1. The minimum absolute atomic E-state index is 0.0977. The Morgan fingerprint density at radius 3 is 2.30 bits per heavy atom. The number of hydrogen-bond donors (Lipinski definition) is 4. The molecule has 0 spiro atoms. The molecule has 0 heterocycles. The highest BCUT2D eigenvalue weighted by molar-refractivity contribution is 5.89. The van der Waals surface area contributed by atoms with Crippen LogP contribution < -0.4 is 5.73 Å². The number of nitrogens with two attached hydrogens (primary N) is 1. The zero-order chi connectivity index (χ0) is 15.0. The van der Waals surface area contributed by atoms with E-state index in [0.29, 0.717) is 11.3 Å². The summed E-state index contributed by atoms with van der Waals surface area (Å²) in [4.78, 5) is 11.6. The molecule has 0 fully saturated rings. The molecule has 0 radical (unpaired) electrons. The van der Waals surface area contributed by atoms with E-state index < -0.39 is 24.8 Å². The first-order valence-corrected chi connectivity index (χ1v) is 6.10. The van der Waals surface area contributed by atoms with Crippen LogP contribution >= 0.6 is 0 Å². The van der Waals surface area contributed by atoms with Crippen molar-refractivity contribution in [3.05, 3.63) is 29.8 Å². The Kier molecular flexibility index (Phi) is 6.96. The fourth-order valence-corrected chi connectivity index (χ4v) is 1.32. The van der Waals surface area contributed by atoms with Crippen LogP contribution in [0.2, 0.25) is 0 Å². The van der Waals surface area contributed by atoms with E-state index in [1.54, 1.807) is 12.1 Å². The van der Waals surface area contributed by atoms with E-state index in [4.69, 9.17) is 25.4 Å². The Bertz CT molecular complexity index is 408. The van der Waals surface area contributed by atoms with E-state index in [2.05, 4.69) is 0 Å². The second-order valence-electron chi connectivity index (χ2n) is 4.25. The lowest BCUT2D eigenvalue weighted by Gasteiger charge is -2.13. The summed E-state index contributed by atoms with van der Waals surface area (Å²) < 4.78 is 9.83. The van der Waals surface area contributed by atoms with Crippen LogP contribution in [0.4, 0.5) is 5.69 Å². The average molecular weight is 285 g/mol. The molecule has 7 heteroatoms. The molecule has 20 heavy (non-hydrogen) atoms.